The van der Waals surface area contributed by atoms with Gasteiger partial charge >= 0.3 is 0 Å². The normalized spacial score (nSPS) is 16.9. The molecule has 19 heavy (non-hydrogen) atoms. The first-order valence-electron chi connectivity index (χ1n) is 7.33. The molecule has 0 aromatic carbocycles. The van der Waals surface area contributed by atoms with Gasteiger partial charge in [0.2, 0.25) is 0 Å². The maximum Gasteiger partial charge on any atom is 0.254 e. The van der Waals surface area contributed by atoms with Crippen LogP contribution in [0.25, 0.3) is 0 Å². The van der Waals surface area contributed by atoms with Gasteiger partial charge in [0.25, 0.3) is 5.91 Å². The zero-order chi connectivity index (χ0) is 13.7. The fraction of sp³-hybridized carbons (Fsp3) is 0.667. The highest BCUT2D eigenvalue weighted by molar-refractivity contribution is 5.94. The van der Waals surface area contributed by atoms with Gasteiger partial charge in [-0.15, -0.1) is 0 Å². The second-order valence-corrected chi connectivity index (χ2v) is 5.42. The first-order chi connectivity index (χ1) is 9.24. The number of nitrogens with two attached hydrogens (primary N) is 1. The lowest BCUT2D eigenvalue weighted by atomic mass is 9.78. The second kappa shape index (κ2) is 6.75. The van der Waals surface area contributed by atoms with Crippen LogP contribution in [0.5, 0.6) is 0 Å². The molecule has 0 aliphatic heterocycles. The van der Waals surface area contributed by atoms with Gasteiger partial charge in [-0.05, 0) is 31.2 Å². The summed E-state index contributed by atoms with van der Waals surface area (Å²) in [6.45, 7) is 2.51. The third-order valence-corrected chi connectivity index (χ3v) is 4.02. The molecule has 106 valence electrons. The van der Waals surface area contributed by atoms with E-state index in [1.807, 2.05) is 0 Å². The second-order valence-electron chi connectivity index (χ2n) is 5.42. The smallest absolute Gasteiger partial charge is 0.254 e. The Morgan fingerprint density at radius 1 is 1.58 bits per heavy atom. The van der Waals surface area contributed by atoms with E-state index in [-0.39, 0.29) is 5.91 Å². The Hall–Kier alpha value is -1.29. The molecular weight excluding hydrogens is 240 g/mol. The molecule has 4 nitrogen and oxygen atoms in total. The van der Waals surface area contributed by atoms with Gasteiger partial charge in [0.1, 0.15) is 12.0 Å². The van der Waals surface area contributed by atoms with Crippen LogP contribution in [0, 0.1) is 5.92 Å². The number of nitrogens with one attached hydrogen (secondary N) is 1. The van der Waals surface area contributed by atoms with E-state index in [1.54, 1.807) is 6.07 Å². The molecule has 1 aromatic rings. The molecule has 1 saturated carbocycles. The van der Waals surface area contributed by atoms with Gasteiger partial charge in [-0.3, -0.25) is 4.79 Å². The van der Waals surface area contributed by atoms with Gasteiger partial charge < -0.3 is 15.5 Å². The van der Waals surface area contributed by atoms with Crippen molar-refractivity contribution in [2.75, 3.05) is 0 Å². The van der Waals surface area contributed by atoms with Gasteiger partial charge in [0.15, 0.2) is 0 Å². The third kappa shape index (κ3) is 3.60. The Bertz CT molecular complexity index is 410. The molecule has 0 spiro atoms. The van der Waals surface area contributed by atoms with Crippen molar-refractivity contribution in [2.24, 2.45) is 11.7 Å². The van der Waals surface area contributed by atoms with Crippen LogP contribution >= 0.6 is 0 Å². The summed E-state index contributed by atoms with van der Waals surface area (Å²) in [7, 11) is 0. The SMILES string of the molecule is CCCCC(NC(=O)c1coc(CN)c1)C1CCC1. The average Bonchev–Trinajstić information content (AvgIpc) is 2.82. The molecule has 1 unspecified atom stereocenters. The summed E-state index contributed by atoms with van der Waals surface area (Å²) >= 11 is 0. The van der Waals surface area contributed by atoms with E-state index < -0.39 is 0 Å². The van der Waals surface area contributed by atoms with E-state index in [0.29, 0.717) is 29.8 Å². The molecular formula is C15H24N2O2. The zero-order valence-electron chi connectivity index (χ0n) is 11.7. The summed E-state index contributed by atoms with van der Waals surface area (Å²) in [4.78, 5) is 12.2. The molecule has 0 bridgehead atoms. The van der Waals surface area contributed by atoms with Crippen LogP contribution < -0.4 is 11.1 Å². The van der Waals surface area contributed by atoms with Crippen LogP contribution in [0.4, 0.5) is 0 Å². The lowest BCUT2D eigenvalue weighted by Gasteiger charge is -2.34. The predicted molar refractivity (Wildman–Crippen MR) is 74.7 cm³/mol. The van der Waals surface area contributed by atoms with E-state index in [2.05, 4.69) is 12.2 Å². The molecule has 1 heterocycles. The number of carbonyl (C=O) groups is 1. The molecule has 1 amide bonds. The number of amides is 1. The largest absolute Gasteiger partial charge is 0.467 e. The molecule has 2 rings (SSSR count). The molecule has 1 aliphatic carbocycles. The highest BCUT2D eigenvalue weighted by Gasteiger charge is 2.28. The molecule has 1 aliphatic rings. The van der Waals surface area contributed by atoms with E-state index in [1.165, 1.54) is 38.4 Å². The van der Waals surface area contributed by atoms with Crippen molar-refractivity contribution in [2.45, 2.75) is 58.0 Å². The molecule has 4 heteroatoms. The molecule has 0 radical (unpaired) electrons. The van der Waals surface area contributed by atoms with Crippen LogP contribution in [-0.2, 0) is 6.54 Å². The van der Waals surface area contributed by atoms with Crippen LogP contribution in [0.3, 0.4) is 0 Å². The van der Waals surface area contributed by atoms with E-state index >= 15 is 0 Å². The minimum absolute atomic E-state index is 0.0311. The van der Waals surface area contributed by atoms with Gasteiger partial charge in [-0.25, -0.2) is 0 Å². The fourth-order valence-electron chi connectivity index (χ4n) is 2.55. The summed E-state index contributed by atoms with van der Waals surface area (Å²) in [5.74, 6) is 1.28. The number of rotatable bonds is 7. The predicted octanol–water partition coefficient (Wildman–Crippen LogP) is 2.83. The van der Waals surface area contributed by atoms with Gasteiger partial charge in [0, 0.05) is 6.04 Å². The van der Waals surface area contributed by atoms with Crippen LogP contribution in [0.2, 0.25) is 0 Å². The molecule has 0 saturated heterocycles. The Morgan fingerprint density at radius 3 is 2.89 bits per heavy atom. The molecule has 1 fully saturated rings. The molecule has 1 aromatic heterocycles. The van der Waals surface area contributed by atoms with Crippen molar-refractivity contribution < 1.29 is 9.21 Å². The van der Waals surface area contributed by atoms with Gasteiger partial charge in [0.05, 0.1) is 12.1 Å². The number of hydrogen-bond donors (Lipinski definition) is 2. The Kier molecular flexibility index (Phi) is 5.02. The lowest BCUT2D eigenvalue weighted by molar-refractivity contribution is 0.0894. The van der Waals surface area contributed by atoms with Crippen LogP contribution in [0.1, 0.15) is 61.6 Å². The Labute approximate surface area is 114 Å². The van der Waals surface area contributed by atoms with E-state index in [0.717, 1.165) is 6.42 Å². The van der Waals surface area contributed by atoms with Gasteiger partial charge in [-0.2, -0.15) is 0 Å². The van der Waals surface area contributed by atoms with Crippen molar-refractivity contribution in [3.8, 4) is 0 Å². The average molecular weight is 264 g/mol. The topological polar surface area (TPSA) is 68.3 Å². The van der Waals surface area contributed by atoms with Gasteiger partial charge in [-0.1, -0.05) is 26.2 Å². The lowest BCUT2D eigenvalue weighted by Crippen LogP contribution is -2.42. The molecule has 1 atom stereocenters. The Morgan fingerprint density at radius 2 is 2.37 bits per heavy atom. The maximum atomic E-state index is 12.2. The van der Waals surface area contributed by atoms with E-state index in [4.69, 9.17) is 10.2 Å². The number of carbonyl (C=O) groups excluding carboxylic acids is 1. The summed E-state index contributed by atoms with van der Waals surface area (Å²) in [5.41, 5.74) is 6.07. The Balaban J connectivity index is 1.93. The fourth-order valence-corrected chi connectivity index (χ4v) is 2.55. The summed E-state index contributed by atoms with van der Waals surface area (Å²) in [5, 5.41) is 3.17. The number of furan rings is 1. The van der Waals surface area contributed by atoms with Crippen LogP contribution in [0.15, 0.2) is 16.7 Å². The van der Waals surface area contributed by atoms with Crippen molar-refractivity contribution in [1.29, 1.82) is 0 Å². The standard InChI is InChI=1S/C15H24N2O2/c1-2-3-7-14(11-5-4-6-11)17-15(18)12-8-13(9-16)19-10-12/h8,10-11,14H,2-7,9,16H2,1H3,(H,17,18). The quantitative estimate of drug-likeness (QED) is 0.795. The highest BCUT2D eigenvalue weighted by atomic mass is 16.3. The highest BCUT2D eigenvalue weighted by Crippen LogP contribution is 2.31. The first kappa shape index (κ1) is 14.1. The van der Waals surface area contributed by atoms with Crippen molar-refractivity contribution >= 4 is 5.91 Å². The number of unbranched alkanes of at least 4 members (excludes halogenated alkanes) is 1. The zero-order valence-corrected chi connectivity index (χ0v) is 11.7. The van der Waals surface area contributed by atoms with Crippen molar-refractivity contribution in [1.82, 2.24) is 5.32 Å². The van der Waals surface area contributed by atoms with Crippen LogP contribution in [-0.4, -0.2) is 11.9 Å². The van der Waals surface area contributed by atoms with Crippen molar-refractivity contribution in [3.05, 3.63) is 23.7 Å². The summed E-state index contributed by atoms with van der Waals surface area (Å²) < 4.78 is 5.21. The minimum Gasteiger partial charge on any atom is -0.467 e. The number of hydrogen-bond acceptors (Lipinski definition) is 3. The minimum atomic E-state index is -0.0311. The summed E-state index contributed by atoms with van der Waals surface area (Å²) in [6.07, 6.45) is 8.70. The summed E-state index contributed by atoms with van der Waals surface area (Å²) in [6, 6.07) is 2.05. The monoisotopic (exact) mass is 264 g/mol. The first-order valence-corrected chi connectivity index (χ1v) is 7.33. The third-order valence-electron chi connectivity index (χ3n) is 4.02. The maximum absolute atomic E-state index is 12.2. The van der Waals surface area contributed by atoms with Crippen molar-refractivity contribution in [3.63, 3.8) is 0 Å². The molecule has 3 N–H and O–H groups in total. The van der Waals surface area contributed by atoms with E-state index in [9.17, 15) is 4.79 Å².